The summed E-state index contributed by atoms with van der Waals surface area (Å²) >= 11 is 0. The third kappa shape index (κ3) is 1.89. The van der Waals surface area contributed by atoms with Crippen LogP contribution in [0, 0.1) is 0 Å². The lowest BCUT2D eigenvalue weighted by Gasteiger charge is -2.11. The fraction of sp³-hybridized carbons (Fsp3) is 0.333. The standard InChI is InChI=1S/C12H14N4O/c17-12(11-5-2-6-13-11)15-9-3-1-4-10-8(9)7-14-16-10/h1,3-4,7,11,13H,2,5-6H2,(H,14,16)(H,15,17). The number of carbonyl (C=O) groups is 1. The first-order valence-electron chi connectivity index (χ1n) is 5.81. The van der Waals surface area contributed by atoms with Gasteiger partial charge in [-0.3, -0.25) is 9.89 Å². The maximum Gasteiger partial charge on any atom is 0.241 e. The molecule has 0 spiro atoms. The van der Waals surface area contributed by atoms with E-state index in [-0.39, 0.29) is 11.9 Å². The molecule has 17 heavy (non-hydrogen) atoms. The largest absolute Gasteiger partial charge is 0.324 e. The van der Waals surface area contributed by atoms with E-state index in [9.17, 15) is 4.79 Å². The van der Waals surface area contributed by atoms with Crippen molar-refractivity contribution in [1.82, 2.24) is 15.5 Å². The van der Waals surface area contributed by atoms with Gasteiger partial charge >= 0.3 is 0 Å². The smallest absolute Gasteiger partial charge is 0.241 e. The Kier molecular flexibility index (Phi) is 2.53. The van der Waals surface area contributed by atoms with Crippen LogP contribution in [0.25, 0.3) is 10.9 Å². The van der Waals surface area contributed by atoms with E-state index in [1.807, 2.05) is 18.2 Å². The van der Waals surface area contributed by atoms with Crippen molar-refractivity contribution in [1.29, 1.82) is 0 Å². The molecular weight excluding hydrogens is 216 g/mol. The third-order valence-corrected chi connectivity index (χ3v) is 3.12. The normalized spacial score (nSPS) is 19.6. The van der Waals surface area contributed by atoms with E-state index in [1.54, 1.807) is 6.20 Å². The summed E-state index contributed by atoms with van der Waals surface area (Å²) in [7, 11) is 0. The van der Waals surface area contributed by atoms with E-state index in [1.165, 1.54) is 0 Å². The summed E-state index contributed by atoms with van der Waals surface area (Å²) in [6, 6.07) is 5.67. The predicted molar refractivity (Wildman–Crippen MR) is 65.7 cm³/mol. The molecule has 1 saturated heterocycles. The van der Waals surface area contributed by atoms with Crippen molar-refractivity contribution >= 4 is 22.5 Å². The van der Waals surface area contributed by atoms with Crippen LogP contribution in [0.15, 0.2) is 24.4 Å². The second kappa shape index (κ2) is 4.18. The fourth-order valence-electron chi connectivity index (χ4n) is 2.21. The van der Waals surface area contributed by atoms with Gasteiger partial charge in [0, 0.05) is 5.39 Å². The van der Waals surface area contributed by atoms with Crippen LogP contribution < -0.4 is 10.6 Å². The van der Waals surface area contributed by atoms with Crippen LogP contribution in [0.3, 0.4) is 0 Å². The molecule has 1 aromatic heterocycles. The molecule has 1 fully saturated rings. The molecule has 1 unspecified atom stereocenters. The maximum absolute atomic E-state index is 12.0. The highest BCUT2D eigenvalue weighted by atomic mass is 16.2. The van der Waals surface area contributed by atoms with E-state index in [0.717, 1.165) is 36.0 Å². The minimum atomic E-state index is -0.0582. The number of rotatable bonds is 2. The highest BCUT2D eigenvalue weighted by molar-refractivity contribution is 6.02. The SMILES string of the molecule is O=C(Nc1cccc2[nH]ncc12)C1CCCN1. The molecule has 1 aliphatic heterocycles. The number of H-pyrrole nitrogens is 1. The molecule has 3 N–H and O–H groups in total. The molecule has 1 aliphatic rings. The summed E-state index contributed by atoms with van der Waals surface area (Å²) in [5.74, 6) is 0.0381. The fourth-order valence-corrected chi connectivity index (χ4v) is 2.21. The van der Waals surface area contributed by atoms with Crippen molar-refractivity contribution in [2.45, 2.75) is 18.9 Å². The van der Waals surface area contributed by atoms with E-state index >= 15 is 0 Å². The molecule has 0 aliphatic carbocycles. The first-order chi connectivity index (χ1) is 8.34. The van der Waals surface area contributed by atoms with Gasteiger partial charge in [-0.05, 0) is 31.5 Å². The number of fused-ring (bicyclic) bond motifs is 1. The number of hydrogen-bond acceptors (Lipinski definition) is 3. The van der Waals surface area contributed by atoms with Crippen molar-refractivity contribution in [3.05, 3.63) is 24.4 Å². The molecule has 88 valence electrons. The molecule has 1 atom stereocenters. The minimum Gasteiger partial charge on any atom is -0.324 e. The number of hydrogen-bond donors (Lipinski definition) is 3. The number of nitrogens with one attached hydrogen (secondary N) is 3. The molecule has 0 saturated carbocycles. The van der Waals surface area contributed by atoms with Gasteiger partial charge in [-0.15, -0.1) is 0 Å². The second-order valence-corrected chi connectivity index (χ2v) is 4.28. The highest BCUT2D eigenvalue weighted by Gasteiger charge is 2.22. The lowest BCUT2D eigenvalue weighted by molar-refractivity contribution is -0.117. The molecule has 5 heteroatoms. The summed E-state index contributed by atoms with van der Waals surface area (Å²) in [6.45, 7) is 0.925. The van der Waals surface area contributed by atoms with Crippen LogP contribution in [0.4, 0.5) is 5.69 Å². The zero-order chi connectivity index (χ0) is 11.7. The summed E-state index contributed by atoms with van der Waals surface area (Å²) < 4.78 is 0. The van der Waals surface area contributed by atoms with E-state index in [0.29, 0.717) is 0 Å². The van der Waals surface area contributed by atoms with Crippen LogP contribution in [0.5, 0.6) is 0 Å². The number of nitrogens with zero attached hydrogens (tertiary/aromatic N) is 1. The Hall–Kier alpha value is -1.88. The number of benzene rings is 1. The minimum absolute atomic E-state index is 0.0381. The van der Waals surface area contributed by atoms with Gasteiger partial charge in [0.2, 0.25) is 5.91 Å². The van der Waals surface area contributed by atoms with Gasteiger partial charge < -0.3 is 10.6 Å². The molecule has 0 bridgehead atoms. The van der Waals surface area contributed by atoms with Gasteiger partial charge in [0.15, 0.2) is 0 Å². The van der Waals surface area contributed by atoms with Gasteiger partial charge in [0.25, 0.3) is 0 Å². The molecule has 2 heterocycles. The molecule has 3 rings (SSSR count). The summed E-state index contributed by atoms with van der Waals surface area (Å²) in [4.78, 5) is 12.0. The maximum atomic E-state index is 12.0. The summed E-state index contributed by atoms with van der Waals surface area (Å²) in [6.07, 6.45) is 3.70. The average Bonchev–Trinajstić information content (AvgIpc) is 3.00. The number of anilines is 1. The first-order valence-corrected chi connectivity index (χ1v) is 5.81. The lowest BCUT2D eigenvalue weighted by Crippen LogP contribution is -2.35. The van der Waals surface area contributed by atoms with E-state index < -0.39 is 0 Å². The highest BCUT2D eigenvalue weighted by Crippen LogP contribution is 2.21. The van der Waals surface area contributed by atoms with E-state index in [2.05, 4.69) is 20.8 Å². The average molecular weight is 230 g/mol. The summed E-state index contributed by atoms with van der Waals surface area (Å²) in [5, 5.41) is 13.9. The molecular formula is C12H14N4O. The van der Waals surface area contributed by atoms with Crippen LogP contribution in [-0.2, 0) is 4.79 Å². The zero-order valence-electron chi connectivity index (χ0n) is 9.36. The Morgan fingerprint density at radius 1 is 1.47 bits per heavy atom. The number of carbonyl (C=O) groups excluding carboxylic acids is 1. The Morgan fingerprint density at radius 2 is 2.41 bits per heavy atom. The summed E-state index contributed by atoms with van der Waals surface area (Å²) in [5.41, 5.74) is 1.75. The second-order valence-electron chi connectivity index (χ2n) is 4.28. The molecule has 0 radical (unpaired) electrons. The van der Waals surface area contributed by atoms with Crippen LogP contribution >= 0.6 is 0 Å². The third-order valence-electron chi connectivity index (χ3n) is 3.12. The van der Waals surface area contributed by atoms with Gasteiger partial charge in [0.05, 0.1) is 23.4 Å². The number of aromatic nitrogens is 2. The quantitative estimate of drug-likeness (QED) is 0.727. The molecule has 2 aromatic rings. The van der Waals surface area contributed by atoms with Crippen LogP contribution in [-0.4, -0.2) is 28.7 Å². The zero-order valence-corrected chi connectivity index (χ0v) is 9.36. The Bertz CT molecular complexity index is 542. The molecule has 5 nitrogen and oxygen atoms in total. The lowest BCUT2D eigenvalue weighted by atomic mass is 10.2. The monoisotopic (exact) mass is 230 g/mol. The van der Waals surface area contributed by atoms with E-state index in [4.69, 9.17) is 0 Å². The number of amides is 1. The van der Waals surface area contributed by atoms with Crippen molar-refractivity contribution in [2.24, 2.45) is 0 Å². The number of aromatic amines is 1. The Morgan fingerprint density at radius 3 is 3.24 bits per heavy atom. The van der Waals surface area contributed by atoms with Gasteiger partial charge in [-0.25, -0.2) is 0 Å². The predicted octanol–water partition coefficient (Wildman–Crippen LogP) is 1.25. The molecule has 1 aromatic carbocycles. The van der Waals surface area contributed by atoms with Gasteiger partial charge in [-0.2, -0.15) is 5.10 Å². The van der Waals surface area contributed by atoms with Crippen molar-refractivity contribution in [2.75, 3.05) is 11.9 Å². The van der Waals surface area contributed by atoms with Crippen LogP contribution in [0.2, 0.25) is 0 Å². The van der Waals surface area contributed by atoms with Crippen molar-refractivity contribution in [3.8, 4) is 0 Å². The van der Waals surface area contributed by atoms with Gasteiger partial charge in [0.1, 0.15) is 0 Å². The van der Waals surface area contributed by atoms with Crippen LogP contribution in [0.1, 0.15) is 12.8 Å². The van der Waals surface area contributed by atoms with Gasteiger partial charge in [-0.1, -0.05) is 6.07 Å². The topological polar surface area (TPSA) is 69.8 Å². The Labute approximate surface area is 98.6 Å². The molecule has 1 amide bonds. The van der Waals surface area contributed by atoms with Crippen molar-refractivity contribution < 1.29 is 4.79 Å². The first kappa shape index (κ1) is 10.3. The Balaban J connectivity index is 1.84. The van der Waals surface area contributed by atoms with Crippen molar-refractivity contribution in [3.63, 3.8) is 0 Å².